The molecule has 0 aliphatic heterocycles. The van der Waals surface area contributed by atoms with Gasteiger partial charge in [-0.05, 0) is 92.8 Å². The third-order valence-corrected chi connectivity index (χ3v) is 7.03. The van der Waals surface area contributed by atoms with Crippen molar-refractivity contribution in [3.8, 4) is 5.75 Å². The van der Waals surface area contributed by atoms with Crippen LogP contribution in [0.1, 0.15) is 60.0 Å². The quantitative estimate of drug-likeness (QED) is 0.212. The molecule has 0 unspecified atom stereocenters. The first kappa shape index (κ1) is 30.7. The number of nitrogens with zero attached hydrogens (tertiary/aromatic N) is 2. The maximum Gasteiger partial charge on any atom is 0.303 e. The summed E-state index contributed by atoms with van der Waals surface area (Å²) in [6, 6.07) is 20.0. The number of ether oxygens (including phenoxy) is 1. The molecule has 0 aliphatic rings. The molecule has 0 aliphatic carbocycles. The van der Waals surface area contributed by atoms with Crippen LogP contribution in [0.4, 0.5) is 11.4 Å². The molecule has 0 spiro atoms. The first-order valence-electron chi connectivity index (χ1n) is 13.5. The molecule has 1 N–H and O–H groups in total. The van der Waals surface area contributed by atoms with Gasteiger partial charge in [-0.15, -0.1) is 0 Å². The van der Waals surface area contributed by atoms with Crippen molar-refractivity contribution in [3.05, 3.63) is 88.4 Å². The summed E-state index contributed by atoms with van der Waals surface area (Å²) in [7, 11) is 1.59. The number of halogens is 1. The molecule has 0 atom stereocenters. The Bertz CT molecular complexity index is 1270. The van der Waals surface area contributed by atoms with Crippen LogP contribution >= 0.6 is 11.6 Å². The van der Waals surface area contributed by atoms with Gasteiger partial charge in [-0.25, -0.2) is 0 Å². The van der Waals surface area contributed by atoms with E-state index in [1.807, 2.05) is 49.1 Å². The minimum absolute atomic E-state index is 0.0238. The van der Waals surface area contributed by atoms with Crippen LogP contribution in [0, 0.1) is 13.8 Å². The SMILES string of the molecule is COc1ccc(N(CCCC(=O)N(CCCCCC(=O)O)c2c(C)cccc2C)C(=O)c2ccc(Cl)cc2)cc1. The van der Waals surface area contributed by atoms with Crippen molar-refractivity contribution in [3.63, 3.8) is 0 Å². The lowest BCUT2D eigenvalue weighted by Crippen LogP contribution is -2.35. The standard InChI is InChI=1S/C32H37ClN2O5/c1-23-9-7-10-24(2)31(23)35(21-6-4-5-12-30(37)38)29(36)11-8-22-34(27-17-19-28(40-3)20-18-27)32(39)25-13-15-26(33)16-14-25/h7,9-10,13-20H,4-6,8,11-12,21-22H2,1-3H3,(H,37,38). The van der Waals surface area contributed by atoms with Crippen molar-refractivity contribution < 1.29 is 24.2 Å². The van der Waals surface area contributed by atoms with E-state index in [1.54, 1.807) is 48.4 Å². The summed E-state index contributed by atoms with van der Waals surface area (Å²) in [4.78, 5) is 41.5. The minimum atomic E-state index is -0.808. The number of anilines is 2. The van der Waals surface area contributed by atoms with Crippen molar-refractivity contribution in [2.24, 2.45) is 0 Å². The fourth-order valence-electron chi connectivity index (χ4n) is 4.70. The van der Waals surface area contributed by atoms with Gasteiger partial charge < -0.3 is 19.6 Å². The zero-order chi connectivity index (χ0) is 29.1. The number of unbranched alkanes of at least 4 members (excludes halogenated alkanes) is 2. The van der Waals surface area contributed by atoms with E-state index in [2.05, 4.69) is 0 Å². The number of carboxylic acids is 1. The average Bonchev–Trinajstić information content (AvgIpc) is 2.94. The number of para-hydroxylation sites is 1. The highest BCUT2D eigenvalue weighted by atomic mass is 35.5. The molecule has 3 aromatic carbocycles. The Morgan fingerprint density at radius 1 is 0.775 bits per heavy atom. The fraction of sp³-hybridized carbons (Fsp3) is 0.344. The minimum Gasteiger partial charge on any atom is -0.497 e. The van der Waals surface area contributed by atoms with Gasteiger partial charge in [-0.2, -0.15) is 0 Å². The van der Waals surface area contributed by atoms with Gasteiger partial charge >= 0.3 is 5.97 Å². The summed E-state index contributed by atoms with van der Waals surface area (Å²) in [5.74, 6) is -0.328. The van der Waals surface area contributed by atoms with Crippen molar-refractivity contribution in [2.75, 3.05) is 30.0 Å². The molecule has 0 saturated carbocycles. The van der Waals surface area contributed by atoms with Gasteiger partial charge in [0.05, 0.1) is 7.11 Å². The molecule has 0 fully saturated rings. The van der Waals surface area contributed by atoms with Gasteiger partial charge in [0.25, 0.3) is 5.91 Å². The zero-order valence-electron chi connectivity index (χ0n) is 23.4. The van der Waals surface area contributed by atoms with Gasteiger partial charge in [0.15, 0.2) is 0 Å². The van der Waals surface area contributed by atoms with Crippen LogP contribution in [0.5, 0.6) is 5.75 Å². The molecule has 0 heterocycles. The summed E-state index contributed by atoms with van der Waals surface area (Å²) < 4.78 is 5.27. The van der Waals surface area contributed by atoms with Crippen LogP contribution in [0.2, 0.25) is 5.02 Å². The second-order valence-corrected chi connectivity index (χ2v) is 10.2. The van der Waals surface area contributed by atoms with Gasteiger partial charge in [0.2, 0.25) is 5.91 Å². The van der Waals surface area contributed by atoms with Crippen molar-refractivity contribution in [1.29, 1.82) is 0 Å². The Morgan fingerprint density at radius 3 is 2.00 bits per heavy atom. The highest BCUT2D eigenvalue weighted by Gasteiger charge is 2.22. The number of rotatable bonds is 14. The Morgan fingerprint density at radius 2 is 1.40 bits per heavy atom. The number of carbonyl (C=O) groups is 3. The van der Waals surface area contributed by atoms with E-state index in [4.69, 9.17) is 21.4 Å². The topological polar surface area (TPSA) is 87.2 Å². The van der Waals surface area contributed by atoms with E-state index >= 15 is 0 Å². The largest absolute Gasteiger partial charge is 0.497 e. The molecule has 0 saturated heterocycles. The maximum atomic E-state index is 13.6. The number of carboxylic acid groups (broad SMARTS) is 1. The molecule has 0 radical (unpaired) electrons. The normalized spacial score (nSPS) is 10.7. The number of hydrogen-bond donors (Lipinski definition) is 1. The highest BCUT2D eigenvalue weighted by molar-refractivity contribution is 6.30. The summed E-state index contributed by atoms with van der Waals surface area (Å²) in [6.45, 7) is 4.83. The van der Waals surface area contributed by atoms with Crippen LogP contribution in [-0.2, 0) is 9.59 Å². The number of carbonyl (C=O) groups excluding carboxylic acids is 2. The Labute approximate surface area is 241 Å². The van der Waals surface area contributed by atoms with Crippen LogP contribution in [-0.4, -0.2) is 43.1 Å². The van der Waals surface area contributed by atoms with Crippen LogP contribution < -0.4 is 14.5 Å². The van der Waals surface area contributed by atoms with Gasteiger partial charge in [0, 0.05) is 47.9 Å². The Kier molecular flexibility index (Phi) is 11.6. The number of benzene rings is 3. The molecule has 40 heavy (non-hydrogen) atoms. The van der Waals surface area contributed by atoms with Crippen molar-refractivity contribution in [2.45, 2.75) is 52.4 Å². The zero-order valence-corrected chi connectivity index (χ0v) is 24.1. The van der Waals surface area contributed by atoms with E-state index in [-0.39, 0.29) is 24.7 Å². The Hall–Kier alpha value is -3.84. The van der Waals surface area contributed by atoms with Crippen molar-refractivity contribution in [1.82, 2.24) is 0 Å². The monoisotopic (exact) mass is 564 g/mol. The molecular formula is C32H37ClN2O5. The number of amides is 2. The first-order valence-corrected chi connectivity index (χ1v) is 13.9. The summed E-state index contributed by atoms with van der Waals surface area (Å²) in [5.41, 5.74) is 4.13. The smallest absolute Gasteiger partial charge is 0.303 e. The lowest BCUT2D eigenvalue weighted by Gasteiger charge is -2.27. The Balaban J connectivity index is 1.75. The average molecular weight is 565 g/mol. The van der Waals surface area contributed by atoms with Crippen LogP contribution in [0.25, 0.3) is 0 Å². The van der Waals surface area contributed by atoms with E-state index < -0.39 is 5.97 Å². The molecule has 2 amide bonds. The molecule has 212 valence electrons. The van der Waals surface area contributed by atoms with Gasteiger partial charge in [0.1, 0.15) is 5.75 Å². The van der Waals surface area contributed by atoms with E-state index in [0.29, 0.717) is 54.4 Å². The van der Waals surface area contributed by atoms with E-state index in [0.717, 1.165) is 23.2 Å². The summed E-state index contributed by atoms with van der Waals surface area (Å²) in [6.07, 6.45) is 2.85. The van der Waals surface area contributed by atoms with Crippen LogP contribution in [0.15, 0.2) is 66.7 Å². The number of hydrogen-bond acceptors (Lipinski definition) is 4. The number of methoxy groups -OCH3 is 1. The lowest BCUT2D eigenvalue weighted by atomic mass is 10.1. The van der Waals surface area contributed by atoms with E-state index in [1.165, 1.54) is 0 Å². The lowest BCUT2D eigenvalue weighted by molar-refractivity contribution is -0.137. The molecular weight excluding hydrogens is 528 g/mol. The summed E-state index contributed by atoms with van der Waals surface area (Å²) in [5, 5.41) is 9.48. The summed E-state index contributed by atoms with van der Waals surface area (Å²) >= 11 is 6.03. The van der Waals surface area contributed by atoms with Crippen molar-refractivity contribution >= 4 is 40.8 Å². The fourth-order valence-corrected chi connectivity index (χ4v) is 4.82. The highest BCUT2D eigenvalue weighted by Crippen LogP contribution is 2.27. The predicted octanol–water partition coefficient (Wildman–Crippen LogP) is 7.07. The first-order chi connectivity index (χ1) is 19.2. The molecule has 3 aromatic rings. The molecule has 8 heteroatoms. The van der Waals surface area contributed by atoms with Crippen LogP contribution in [0.3, 0.4) is 0 Å². The molecule has 0 bridgehead atoms. The molecule has 3 rings (SSSR count). The second kappa shape index (κ2) is 15.1. The predicted molar refractivity (Wildman–Crippen MR) is 160 cm³/mol. The van der Waals surface area contributed by atoms with E-state index in [9.17, 15) is 14.4 Å². The number of aryl methyl sites for hydroxylation is 2. The molecule has 0 aromatic heterocycles. The van der Waals surface area contributed by atoms with Gasteiger partial charge in [-0.1, -0.05) is 36.2 Å². The number of aliphatic carboxylic acids is 1. The maximum absolute atomic E-state index is 13.6. The van der Waals surface area contributed by atoms with Gasteiger partial charge in [-0.3, -0.25) is 14.4 Å². The second-order valence-electron chi connectivity index (χ2n) is 9.76. The molecule has 7 nitrogen and oxygen atoms in total. The third kappa shape index (κ3) is 8.58. The third-order valence-electron chi connectivity index (χ3n) is 6.78.